The minimum Gasteiger partial charge on any atom is -0.290 e. The average molecular weight is 326 g/mol. The summed E-state index contributed by atoms with van der Waals surface area (Å²) in [6.07, 6.45) is 9.00. The molecule has 0 radical (unpaired) electrons. The van der Waals surface area contributed by atoms with E-state index in [1.165, 1.54) is 39.2 Å². The normalized spacial score (nSPS) is 17.7. The first-order valence-electron chi connectivity index (χ1n) is 9.13. The van der Waals surface area contributed by atoms with Gasteiger partial charge in [-0.15, -0.1) is 0 Å². The van der Waals surface area contributed by atoms with Gasteiger partial charge < -0.3 is 0 Å². The highest BCUT2D eigenvalue weighted by Crippen LogP contribution is 2.36. The second-order valence-electron chi connectivity index (χ2n) is 7.39. The summed E-state index contributed by atoms with van der Waals surface area (Å²) in [5, 5.41) is 0. The fourth-order valence-corrected chi connectivity index (χ4v) is 3.03. The standard InChI is InChI=1S/C23H35N/c1-9-10-21(8)24-15-17(4)11-19(6)23-14-22(13-20(23)7)12-18(5)16(2)3/h11-12H,4,9-10,13-15H2,1-3,5-8H3/b19-11-,22-12-,24-21-. The van der Waals surface area contributed by atoms with E-state index in [9.17, 15) is 0 Å². The van der Waals surface area contributed by atoms with Gasteiger partial charge in [0.15, 0.2) is 0 Å². The van der Waals surface area contributed by atoms with E-state index in [0.717, 1.165) is 37.8 Å². The molecule has 0 saturated carbocycles. The molecule has 0 saturated heterocycles. The summed E-state index contributed by atoms with van der Waals surface area (Å²) in [5.74, 6) is 0. The molecule has 0 aromatic carbocycles. The van der Waals surface area contributed by atoms with Crippen LogP contribution >= 0.6 is 0 Å². The molecular weight excluding hydrogens is 290 g/mol. The van der Waals surface area contributed by atoms with Crippen LogP contribution in [0.25, 0.3) is 0 Å². The highest BCUT2D eigenvalue weighted by Gasteiger charge is 2.17. The number of allylic oxidation sites excluding steroid dienone is 7. The Labute approximate surface area is 149 Å². The van der Waals surface area contributed by atoms with Crippen LogP contribution in [0.1, 0.15) is 74.1 Å². The van der Waals surface area contributed by atoms with E-state index in [4.69, 9.17) is 0 Å². The number of aliphatic imine (C=N–C) groups is 1. The summed E-state index contributed by atoms with van der Waals surface area (Å²) in [4.78, 5) is 4.63. The molecule has 0 aromatic rings. The Bertz CT molecular complexity index is 629. The van der Waals surface area contributed by atoms with Gasteiger partial charge in [0.25, 0.3) is 0 Å². The smallest absolute Gasteiger partial charge is 0.0633 e. The van der Waals surface area contributed by atoms with E-state index in [2.05, 4.69) is 72.2 Å². The van der Waals surface area contributed by atoms with E-state index in [1.807, 2.05) is 0 Å². The van der Waals surface area contributed by atoms with E-state index in [0.29, 0.717) is 0 Å². The summed E-state index contributed by atoms with van der Waals surface area (Å²) in [7, 11) is 0. The van der Waals surface area contributed by atoms with Crippen molar-refractivity contribution in [2.45, 2.75) is 74.1 Å². The van der Waals surface area contributed by atoms with E-state index < -0.39 is 0 Å². The van der Waals surface area contributed by atoms with Crippen molar-refractivity contribution in [1.29, 1.82) is 0 Å². The Balaban J connectivity index is 2.79. The summed E-state index contributed by atoms with van der Waals surface area (Å²) >= 11 is 0. The molecule has 0 aromatic heterocycles. The molecule has 0 unspecified atom stereocenters. The lowest BCUT2D eigenvalue weighted by Gasteiger charge is -2.06. The van der Waals surface area contributed by atoms with Crippen molar-refractivity contribution in [2.75, 3.05) is 6.54 Å². The monoisotopic (exact) mass is 325 g/mol. The molecule has 0 spiro atoms. The van der Waals surface area contributed by atoms with Crippen LogP contribution in [0.2, 0.25) is 0 Å². The third kappa shape index (κ3) is 6.47. The zero-order valence-corrected chi connectivity index (χ0v) is 16.8. The molecular formula is C23H35N. The van der Waals surface area contributed by atoms with Gasteiger partial charge >= 0.3 is 0 Å². The Morgan fingerprint density at radius 2 is 1.79 bits per heavy atom. The first kappa shape index (κ1) is 20.4. The topological polar surface area (TPSA) is 12.4 Å². The van der Waals surface area contributed by atoms with Crippen molar-refractivity contribution in [3.8, 4) is 0 Å². The molecule has 0 fully saturated rings. The van der Waals surface area contributed by atoms with Crippen LogP contribution in [-0.2, 0) is 0 Å². The van der Waals surface area contributed by atoms with Crippen LogP contribution in [-0.4, -0.2) is 12.3 Å². The third-order valence-corrected chi connectivity index (χ3v) is 4.68. The molecule has 1 nitrogen and oxygen atoms in total. The van der Waals surface area contributed by atoms with Crippen molar-refractivity contribution in [2.24, 2.45) is 4.99 Å². The SMILES string of the molecule is C=C(/C=C(/C)C1=C(C)C/C(=C/C(C)=C(C)C)C1)C/N=C(/C)CCC. The van der Waals surface area contributed by atoms with Gasteiger partial charge in [0.1, 0.15) is 0 Å². The Hall–Kier alpha value is -1.63. The minimum atomic E-state index is 0.717. The van der Waals surface area contributed by atoms with Crippen molar-refractivity contribution >= 4 is 5.71 Å². The lowest BCUT2D eigenvalue weighted by atomic mass is 10.0. The Kier molecular flexibility index (Phi) is 8.18. The van der Waals surface area contributed by atoms with Gasteiger partial charge in [0.2, 0.25) is 0 Å². The molecule has 0 N–H and O–H groups in total. The van der Waals surface area contributed by atoms with Crippen molar-refractivity contribution < 1.29 is 0 Å². The van der Waals surface area contributed by atoms with Crippen LogP contribution in [0.3, 0.4) is 0 Å². The molecule has 24 heavy (non-hydrogen) atoms. The Morgan fingerprint density at radius 3 is 2.38 bits per heavy atom. The average Bonchev–Trinajstić information content (AvgIpc) is 2.86. The first-order chi connectivity index (χ1) is 11.2. The molecule has 0 atom stereocenters. The number of nitrogens with zero attached hydrogens (tertiary/aromatic N) is 1. The highest BCUT2D eigenvalue weighted by atomic mass is 14.7. The third-order valence-electron chi connectivity index (χ3n) is 4.68. The minimum absolute atomic E-state index is 0.717. The summed E-state index contributed by atoms with van der Waals surface area (Å²) in [6, 6.07) is 0. The van der Waals surface area contributed by atoms with Gasteiger partial charge in [0, 0.05) is 5.71 Å². The second-order valence-corrected chi connectivity index (χ2v) is 7.39. The number of hydrogen-bond acceptors (Lipinski definition) is 1. The molecule has 0 aliphatic heterocycles. The molecule has 132 valence electrons. The fourth-order valence-electron chi connectivity index (χ4n) is 3.03. The van der Waals surface area contributed by atoms with Crippen LogP contribution in [0.15, 0.2) is 62.7 Å². The maximum absolute atomic E-state index is 4.63. The lowest BCUT2D eigenvalue weighted by molar-refractivity contribution is 0.976. The van der Waals surface area contributed by atoms with Crippen LogP contribution in [0.5, 0.6) is 0 Å². The van der Waals surface area contributed by atoms with E-state index in [1.54, 1.807) is 0 Å². The molecule has 0 heterocycles. The van der Waals surface area contributed by atoms with Crippen molar-refractivity contribution in [1.82, 2.24) is 0 Å². The Morgan fingerprint density at radius 1 is 1.12 bits per heavy atom. The van der Waals surface area contributed by atoms with Crippen LogP contribution < -0.4 is 0 Å². The number of rotatable bonds is 7. The van der Waals surface area contributed by atoms with Gasteiger partial charge in [-0.1, -0.05) is 54.4 Å². The summed E-state index contributed by atoms with van der Waals surface area (Å²) < 4.78 is 0. The summed E-state index contributed by atoms with van der Waals surface area (Å²) in [6.45, 7) is 20.2. The zero-order valence-electron chi connectivity index (χ0n) is 16.8. The highest BCUT2D eigenvalue weighted by molar-refractivity contribution is 5.81. The van der Waals surface area contributed by atoms with Crippen molar-refractivity contribution in [3.63, 3.8) is 0 Å². The molecule has 1 rings (SSSR count). The molecule has 1 aliphatic carbocycles. The molecule has 1 heteroatoms. The largest absolute Gasteiger partial charge is 0.290 e. The van der Waals surface area contributed by atoms with Crippen molar-refractivity contribution in [3.05, 3.63) is 57.7 Å². The second kappa shape index (κ2) is 9.61. The quantitative estimate of drug-likeness (QED) is 0.348. The zero-order chi connectivity index (χ0) is 18.3. The summed E-state index contributed by atoms with van der Waals surface area (Å²) in [5.41, 5.74) is 11.0. The molecule has 0 amide bonds. The predicted octanol–water partition coefficient (Wildman–Crippen LogP) is 7.14. The van der Waals surface area contributed by atoms with E-state index >= 15 is 0 Å². The van der Waals surface area contributed by atoms with Crippen LogP contribution in [0, 0.1) is 0 Å². The maximum atomic E-state index is 4.63. The van der Waals surface area contributed by atoms with Crippen LogP contribution in [0.4, 0.5) is 0 Å². The maximum Gasteiger partial charge on any atom is 0.0633 e. The van der Waals surface area contributed by atoms with Gasteiger partial charge in [-0.05, 0) is 77.5 Å². The van der Waals surface area contributed by atoms with E-state index in [-0.39, 0.29) is 0 Å². The van der Waals surface area contributed by atoms with Gasteiger partial charge in [0.05, 0.1) is 6.54 Å². The fraction of sp³-hybridized carbons (Fsp3) is 0.522. The molecule has 1 aliphatic rings. The van der Waals surface area contributed by atoms with Gasteiger partial charge in [-0.2, -0.15) is 0 Å². The number of hydrogen-bond donors (Lipinski definition) is 0. The lowest BCUT2D eigenvalue weighted by Crippen LogP contribution is -1.94. The molecule has 0 bridgehead atoms. The predicted molar refractivity (Wildman–Crippen MR) is 110 cm³/mol. The van der Waals surface area contributed by atoms with Gasteiger partial charge in [-0.3, -0.25) is 4.99 Å². The van der Waals surface area contributed by atoms with Gasteiger partial charge in [-0.25, -0.2) is 0 Å². The first-order valence-corrected chi connectivity index (χ1v) is 9.13.